The summed E-state index contributed by atoms with van der Waals surface area (Å²) in [5, 5.41) is 13.2. The van der Waals surface area contributed by atoms with E-state index in [9.17, 15) is 24.5 Å². The number of rotatable bonds is 5. The normalized spacial score (nSPS) is 12.7. The van der Waals surface area contributed by atoms with Crippen LogP contribution in [0.5, 0.6) is 0 Å². The molecular formula is C22H10Br4ClN3O5. The fourth-order valence-corrected chi connectivity index (χ4v) is 6.01. The number of nitrogens with zero attached hydrogens (tertiary/aromatic N) is 3. The van der Waals surface area contributed by atoms with E-state index in [2.05, 4.69) is 63.7 Å². The third kappa shape index (κ3) is 4.69. The first kappa shape index (κ1) is 26.0. The molecule has 178 valence electrons. The third-order valence-electron chi connectivity index (χ3n) is 5.13. The number of hydrogen-bond acceptors (Lipinski definition) is 5. The molecule has 3 amide bonds. The van der Waals surface area contributed by atoms with E-state index in [1.54, 1.807) is 0 Å². The molecule has 0 bridgehead atoms. The summed E-state index contributed by atoms with van der Waals surface area (Å²) in [6.45, 7) is -0.206. The first-order chi connectivity index (χ1) is 16.5. The minimum Gasteiger partial charge on any atom is -0.267 e. The molecule has 0 radical (unpaired) electrons. The Morgan fingerprint density at radius 2 is 1.34 bits per heavy atom. The molecule has 1 aliphatic heterocycles. The SMILES string of the molecule is O=C(c1ccc(Cl)cc1)N(Cc1ccc([N+](=O)[O-])cc1)N1C(=O)c2c(Br)c(Br)c(Br)c(Br)c2C1=O. The van der Waals surface area contributed by atoms with Crippen molar-refractivity contribution in [2.24, 2.45) is 0 Å². The second-order valence-electron chi connectivity index (χ2n) is 7.22. The number of nitro benzene ring substituents is 1. The molecule has 0 aliphatic carbocycles. The maximum atomic E-state index is 13.6. The number of halogens is 5. The van der Waals surface area contributed by atoms with Crippen molar-refractivity contribution in [2.75, 3.05) is 0 Å². The number of amides is 3. The van der Waals surface area contributed by atoms with E-state index in [-0.39, 0.29) is 28.9 Å². The van der Waals surface area contributed by atoms with Crippen molar-refractivity contribution in [3.63, 3.8) is 0 Å². The number of hydrazine groups is 1. The molecule has 3 aromatic rings. The lowest BCUT2D eigenvalue weighted by molar-refractivity contribution is -0.384. The molecule has 0 unspecified atom stereocenters. The van der Waals surface area contributed by atoms with Gasteiger partial charge in [-0.25, -0.2) is 5.01 Å². The van der Waals surface area contributed by atoms with Crippen molar-refractivity contribution in [1.29, 1.82) is 0 Å². The number of hydrogen-bond donors (Lipinski definition) is 0. The third-order valence-corrected chi connectivity index (χ3v) is 10.1. The average molecular weight is 751 g/mol. The van der Waals surface area contributed by atoms with Crippen LogP contribution in [0.3, 0.4) is 0 Å². The van der Waals surface area contributed by atoms with Crippen LogP contribution in [0.1, 0.15) is 36.6 Å². The molecule has 1 aliphatic rings. The van der Waals surface area contributed by atoms with Crippen LogP contribution in [0.4, 0.5) is 5.69 Å². The molecule has 0 spiro atoms. The Hall–Kier alpha value is -2.12. The Bertz CT molecular complexity index is 1370. The van der Waals surface area contributed by atoms with Crippen LogP contribution in [0.15, 0.2) is 66.4 Å². The van der Waals surface area contributed by atoms with Gasteiger partial charge >= 0.3 is 0 Å². The van der Waals surface area contributed by atoms with Gasteiger partial charge in [0.05, 0.1) is 22.6 Å². The zero-order valence-corrected chi connectivity index (χ0v) is 24.2. The number of carbonyl (C=O) groups excluding carboxylic acids is 3. The van der Waals surface area contributed by atoms with Crippen LogP contribution in [0.25, 0.3) is 0 Å². The maximum absolute atomic E-state index is 13.6. The van der Waals surface area contributed by atoms with Crippen LogP contribution < -0.4 is 0 Å². The predicted molar refractivity (Wildman–Crippen MR) is 142 cm³/mol. The van der Waals surface area contributed by atoms with Crippen LogP contribution in [0, 0.1) is 10.1 Å². The first-order valence-corrected chi connectivity index (χ1v) is 13.1. The molecule has 8 nitrogen and oxygen atoms in total. The Balaban J connectivity index is 1.82. The molecule has 0 saturated carbocycles. The quantitative estimate of drug-likeness (QED) is 0.0907. The molecule has 13 heteroatoms. The van der Waals surface area contributed by atoms with Crippen molar-refractivity contribution in [1.82, 2.24) is 10.0 Å². The number of nitro groups is 1. The van der Waals surface area contributed by atoms with Crippen LogP contribution in [-0.2, 0) is 6.54 Å². The number of benzene rings is 3. The molecule has 0 saturated heterocycles. The van der Waals surface area contributed by atoms with Crippen molar-refractivity contribution in [3.05, 3.63) is 104 Å². The summed E-state index contributed by atoms with van der Waals surface area (Å²) in [7, 11) is 0. The van der Waals surface area contributed by atoms with Crippen molar-refractivity contribution in [3.8, 4) is 0 Å². The van der Waals surface area contributed by atoms with Crippen molar-refractivity contribution in [2.45, 2.75) is 6.54 Å². The second kappa shape index (κ2) is 10.1. The maximum Gasteiger partial charge on any atom is 0.282 e. The molecule has 0 aromatic heterocycles. The first-order valence-electron chi connectivity index (χ1n) is 9.58. The lowest BCUT2D eigenvalue weighted by Crippen LogP contribution is -2.49. The Kier molecular flexibility index (Phi) is 7.49. The second-order valence-corrected chi connectivity index (χ2v) is 10.8. The van der Waals surface area contributed by atoms with Gasteiger partial charge < -0.3 is 0 Å². The van der Waals surface area contributed by atoms with E-state index < -0.39 is 22.6 Å². The fraction of sp³-hybridized carbons (Fsp3) is 0.0455. The topological polar surface area (TPSA) is 101 Å². The van der Waals surface area contributed by atoms with Gasteiger partial charge in [0.1, 0.15) is 0 Å². The average Bonchev–Trinajstić information content (AvgIpc) is 3.10. The number of fused-ring (bicyclic) bond motifs is 1. The van der Waals surface area contributed by atoms with Gasteiger partial charge in [0.2, 0.25) is 0 Å². The van der Waals surface area contributed by atoms with Gasteiger partial charge in [-0.1, -0.05) is 23.7 Å². The van der Waals surface area contributed by atoms with E-state index in [0.29, 0.717) is 28.5 Å². The van der Waals surface area contributed by atoms with Crippen molar-refractivity contribution < 1.29 is 19.3 Å². The van der Waals surface area contributed by atoms with Gasteiger partial charge in [-0.05, 0) is 93.5 Å². The lowest BCUT2D eigenvalue weighted by Gasteiger charge is -2.30. The van der Waals surface area contributed by atoms with Gasteiger partial charge in [-0.15, -0.1) is 0 Å². The predicted octanol–water partition coefficient (Wildman–Crippen LogP) is 7.15. The molecular weight excluding hydrogens is 741 g/mol. The Morgan fingerprint density at radius 3 is 1.80 bits per heavy atom. The summed E-state index contributed by atoms with van der Waals surface area (Å²) >= 11 is 19.4. The molecule has 35 heavy (non-hydrogen) atoms. The molecule has 0 N–H and O–H groups in total. The standard InChI is InChI=1S/C22H10Br4ClN3O5/c23-16-14-15(17(24)19(26)18(16)25)22(33)29(21(14)32)28(20(31)11-3-5-12(27)6-4-11)9-10-1-7-13(8-2-10)30(34)35/h1-8H,9H2. The van der Waals surface area contributed by atoms with Gasteiger partial charge in [-0.3, -0.25) is 24.5 Å². The van der Waals surface area contributed by atoms with Crippen LogP contribution in [0.2, 0.25) is 5.02 Å². The largest absolute Gasteiger partial charge is 0.282 e. The van der Waals surface area contributed by atoms with Gasteiger partial charge in [0.15, 0.2) is 0 Å². The molecule has 4 rings (SSSR count). The smallest absolute Gasteiger partial charge is 0.267 e. The van der Waals surface area contributed by atoms with E-state index in [1.165, 1.54) is 48.5 Å². The summed E-state index contributed by atoms with van der Waals surface area (Å²) in [6, 6.07) is 11.5. The van der Waals surface area contributed by atoms with Gasteiger partial charge in [-0.2, -0.15) is 5.01 Å². The van der Waals surface area contributed by atoms with E-state index in [0.717, 1.165) is 10.0 Å². The van der Waals surface area contributed by atoms with Crippen LogP contribution >= 0.6 is 75.3 Å². The minimum absolute atomic E-state index is 0.0783. The summed E-state index contributed by atoms with van der Waals surface area (Å²) in [5.74, 6) is -2.06. The molecule has 3 aromatic carbocycles. The van der Waals surface area contributed by atoms with Gasteiger partial charge in [0.25, 0.3) is 23.4 Å². The highest BCUT2D eigenvalue weighted by atomic mass is 79.9. The number of non-ortho nitro benzene ring substituents is 1. The minimum atomic E-state index is -0.713. The summed E-state index contributed by atoms with van der Waals surface area (Å²) in [6.07, 6.45) is 0. The van der Waals surface area contributed by atoms with E-state index in [1.807, 2.05) is 0 Å². The zero-order valence-electron chi connectivity index (χ0n) is 17.1. The summed E-state index contributed by atoms with van der Waals surface area (Å²) < 4.78 is 1.71. The highest BCUT2D eigenvalue weighted by Crippen LogP contribution is 2.45. The highest BCUT2D eigenvalue weighted by molar-refractivity contribution is 9.15. The lowest BCUT2D eigenvalue weighted by atomic mass is 10.1. The van der Waals surface area contributed by atoms with E-state index >= 15 is 0 Å². The monoisotopic (exact) mass is 747 g/mol. The molecule has 0 fully saturated rings. The Morgan fingerprint density at radius 1 is 0.857 bits per heavy atom. The summed E-state index contributed by atoms with van der Waals surface area (Å²) in [4.78, 5) is 51.1. The van der Waals surface area contributed by atoms with E-state index in [4.69, 9.17) is 11.6 Å². The summed E-state index contributed by atoms with van der Waals surface area (Å²) in [5.41, 5.74) is 0.681. The van der Waals surface area contributed by atoms with Gasteiger partial charge in [0, 0.05) is 40.6 Å². The molecule has 1 heterocycles. The van der Waals surface area contributed by atoms with Crippen LogP contribution in [-0.4, -0.2) is 32.7 Å². The van der Waals surface area contributed by atoms with Crippen molar-refractivity contribution >= 4 is 98.7 Å². The zero-order chi connectivity index (χ0) is 25.6. The fourth-order valence-electron chi connectivity index (χ4n) is 3.43. The molecule has 0 atom stereocenters. The number of carbonyl (C=O) groups is 3. The number of imide groups is 1. The Labute approximate surface area is 236 Å². The highest BCUT2D eigenvalue weighted by Gasteiger charge is 2.45.